The number of ether oxygens (including phenoxy) is 2. The summed E-state index contributed by atoms with van der Waals surface area (Å²) in [5.74, 6) is 1.46. The van der Waals surface area contributed by atoms with Gasteiger partial charge in [0.25, 0.3) is 0 Å². The molecule has 0 N–H and O–H groups in total. The van der Waals surface area contributed by atoms with Gasteiger partial charge in [0.1, 0.15) is 0 Å². The van der Waals surface area contributed by atoms with E-state index in [1.54, 1.807) is 11.8 Å². The lowest BCUT2D eigenvalue weighted by Gasteiger charge is -2.26. The number of hydrogen-bond acceptors (Lipinski definition) is 4. The minimum Gasteiger partial charge on any atom is -0.435 e. The molecule has 0 saturated carbocycles. The molecular weight excluding hydrogens is 164 g/mol. The molecule has 0 amide bonds. The van der Waals surface area contributed by atoms with Crippen molar-refractivity contribution in [3.05, 3.63) is 0 Å². The van der Waals surface area contributed by atoms with Crippen LogP contribution in [-0.2, 0) is 14.3 Å². The Bertz CT molecular complexity index is 149. The predicted molar refractivity (Wildman–Crippen MR) is 43.4 cm³/mol. The number of carbonyl (C=O) groups is 1. The first-order valence-corrected chi connectivity index (χ1v) is 4.74. The summed E-state index contributed by atoms with van der Waals surface area (Å²) in [4.78, 5) is 10.5. The first-order chi connectivity index (χ1) is 5.18. The van der Waals surface area contributed by atoms with E-state index in [9.17, 15) is 4.79 Å². The molecule has 1 heterocycles. The fourth-order valence-corrected chi connectivity index (χ4v) is 1.80. The summed E-state index contributed by atoms with van der Waals surface area (Å²) in [6, 6.07) is 0. The summed E-state index contributed by atoms with van der Waals surface area (Å²) in [5.41, 5.74) is 0. The van der Waals surface area contributed by atoms with Gasteiger partial charge in [-0.3, -0.25) is 4.79 Å². The Hall–Kier alpha value is -0.220. The van der Waals surface area contributed by atoms with Crippen LogP contribution in [0.25, 0.3) is 0 Å². The van der Waals surface area contributed by atoms with Crippen molar-refractivity contribution < 1.29 is 14.3 Å². The molecule has 1 aliphatic rings. The van der Waals surface area contributed by atoms with Crippen molar-refractivity contribution in [2.75, 3.05) is 11.5 Å². The summed E-state index contributed by atoms with van der Waals surface area (Å²) in [6.07, 6.45) is -0.139. The van der Waals surface area contributed by atoms with E-state index in [0.717, 1.165) is 11.5 Å². The smallest absolute Gasteiger partial charge is 0.304 e. The minimum atomic E-state index is -0.332. The van der Waals surface area contributed by atoms with E-state index in [4.69, 9.17) is 9.47 Å². The van der Waals surface area contributed by atoms with Gasteiger partial charge in [-0.25, -0.2) is 0 Å². The van der Waals surface area contributed by atoms with Crippen LogP contribution in [-0.4, -0.2) is 29.9 Å². The largest absolute Gasteiger partial charge is 0.435 e. The summed E-state index contributed by atoms with van der Waals surface area (Å²) in [7, 11) is 0. The fraction of sp³-hybridized carbons (Fsp3) is 0.857. The average Bonchev–Trinajstić information content (AvgIpc) is 1.85. The van der Waals surface area contributed by atoms with Crippen LogP contribution in [0.3, 0.4) is 0 Å². The van der Waals surface area contributed by atoms with E-state index < -0.39 is 0 Å². The molecule has 1 saturated heterocycles. The Morgan fingerprint density at radius 3 is 2.91 bits per heavy atom. The molecular formula is C7H12O3S. The monoisotopic (exact) mass is 176 g/mol. The topological polar surface area (TPSA) is 35.5 Å². The van der Waals surface area contributed by atoms with Crippen molar-refractivity contribution in [3.8, 4) is 0 Å². The number of esters is 1. The lowest BCUT2D eigenvalue weighted by Crippen LogP contribution is -2.32. The SMILES string of the molecule is CC(=O)O[C@H]1CSC[C@H](C)O1. The normalized spacial score (nSPS) is 31.5. The highest BCUT2D eigenvalue weighted by atomic mass is 32.2. The van der Waals surface area contributed by atoms with Gasteiger partial charge in [0.2, 0.25) is 6.29 Å². The van der Waals surface area contributed by atoms with E-state index >= 15 is 0 Å². The third-order valence-corrected chi connectivity index (χ3v) is 2.50. The first kappa shape index (κ1) is 8.87. The summed E-state index contributed by atoms with van der Waals surface area (Å²) >= 11 is 1.75. The number of carbonyl (C=O) groups excluding carboxylic acids is 1. The van der Waals surface area contributed by atoms with Crippen molar-refractivity contribution >= 4 is 17.7 Å². The van der Waals surface area contributed by atoms with E-state index in [-0.39, 0.29) is 18.4 Å². The van der Waals surface area contributed by atoms with Crippen LogP contribution in [0.15, 0.2) is 0 Å². The Morgan fingerprint density at radius 2 is 2.36 bits per heavy atom. The van der Waals surface area contributed by atoms with Crippen LogP contribution in [0, 0.1) is 0 Å². The van der Waals surface area contributed by atoms with E-state index in [1.807, 2.05) is 6.92 Å². The van der Waals surface area contributed by atoms with Crippen molar-refractivity contribution in [3.63, 3.8) is 0 Å². The van der Waals surface area contributed by atoms with Gasteiger partial charge < -0.3 is 9.47 Å². The van der Waals surface area contributed by atoms with Gasteiger partial charge in [0.15, 0.2) is 0 Å². The molecule has 0 bridgehead atoms. The highest BCUT2D eigenvalue weighted by molar-refractivity contribution is 7.99. The van der Waals surface area contributed by atoms with Crippen molar-refractivity contribution in [1.29, 1.82) is 0 Å². The highest BCUT2D eigenvalue weighted by Crippen LogP contribution is 2.18. The second-order valence-corrected chi connectivity index (χ2v) is 3.60. The van der Waals surface area contributed by atoms with Gasteiger partial charge in [-0.1, -0.05) is 0 Å². The Labute approximate surface area is 70.4 Å². The maximum atomic E-state index is 10.5. The van der Waals surface area contributed by atoms with E-state index in [0.29, 0.717) is 0 Å². The number of thioether (sulfide) groups is 1. The molecule has 0 aliphatic carbocycles. The Balaban J connectivity index is 2.28. The van der Waals surface area contributed by atoms with Crippen LogP contribution in [0.4, 0.5) is 0 Å². The zero-order valence-corrected chi connectivity index (χ0v) is 7.52. The lowest BCUT2D eigenvalue weighted by atomic mass is 10.4. The molecule has 11 heavy (non-hydrogen) atoms. The molecule has 1 aliphatic heterocycles. The Kier molecular flexibility index (Phi) is 3.20. The molecule has 0 aromatic rings. The first-order valence-electron chi connectivity index (χ1n) is 3.59. The van der Waals surface area contributed by atoms with Crippen molar-refractivity contribution in [2.45, 2.75) is 26.2 Å². The second-order valence-electron chi connectivity index (χ2n) is 2.52. The predicted octanol–water partition coefficient (Wildman–Crippen LogP) is 1.03. The highest BCUT2D eigenvalue weighted by Gasteiger charge is 2.21. The van der Waals surface area contributed by atoms with Gasteiger partial charge in [-0.05, 0) is 6.92 Å². The summed E-state index contributed by atoms with van der Waals surface area (Å²) in [5, 5.41) is 0. The molecule has 0 unspecified atom stereocenters. The van der Waals surface area contributed by atoms with Crippen LogP contribution >= 0.6 is 11.8 Å². The molecule has 1 rings (SSSR count). The zero-order chi connectivity index (χ0) is 8.27. The van der Waals surface area contributed by atoms with Crippen LogP contribution in [0.1, 0.15) is 13.8 Å². The maximum absolute atomic E-state index is 10.5. The van der Waals surface area contributed by atoms with Crippen molar-refractivity contribution in [1.82, 2.24) is 0 Å². The molecule has 0 aromatic carbocycles. The minimum absolute atomic E-state index is 0.193. The third kappa shape index (κ3) is 3.12. The van der Waals surface area contributed by atoms with E-state index in [2.05, 4.69) is 0 Å². The maximum Gasteiger partial charge on any atom is 0.304 e. The van der Waals surface area contributed by atoms with Gasteiger partial charge in [0, 0.05) is 12.7 Å². The van der Waals surface area contributed by atoms with Crippen LogP contribution < -0.4 is 0 Å². The molecule has 64 valence electrons. The number of hydrogen-bond donors (Lipinski definition) is 0. The second kappa shape index (κ2) is 3.97. The van der Waals surface area contributed by atoms with E-state index in [1.165, 1.54) is 6.92 Å². The molecule has 1 fully saturated rings. The molecule has 3 nitrogen and oxygen atoms in total. The zero-order valence-electron chi connectivity index (χ0n) is 6.70. The number of rotatable bonds is 1. The fourth-order valence-electron chi connectivity index (χ4n) is 0.915. The van der Waals surface area contributed by atoms with Gasteiger partial charge >= 0.3 is 5.97 Å². The molecule has 4 heteroatoms. The van der Waals surface area contributed by atoms with Crippen molar-refractivity contribution in [2.24, 2.45) is 0 Å². The molecule has 0 aromatic heterocycles. The van der Waals surface area contributed by atoms with Crippen LogP contribution in [0.5, 0.6) is 0 Å². The standard InChI is InChI=1S/C7H12O3S/c1-5-3-11-4-7(9-5)10-6(2)8/h5,7H,3-4H2,1-2H3/t5-,7-/m0/s1. The Morgan fingerprint density at radius 1 is 1.64 bits per heavy atom. The molecule has 0 radical (unpaired) electrons. The van der Waals surface area contributed by atoms with Gasteiger partial charge in [0.05, 0.1) is 11.9 Å². The quantitative estimate of drug-likeness (QED) is 0.559. The molecule has 0 spiro atoms. The van der Waals surface area contributed by atoms with Crippen LogP contribution in [0.2, 0.25) is 0 Å². The molecule has 2 atom stereocenters. The third-order valence-electron chi connectivity index (χ3n) is 1.29. The summed E-state index contributed by atoms with van der Waals surface area (Å²) in [6.45, 7) is 3.37. The lowest BCUT2D eigenvalue weighted by molar-refractivity contribution is -0.178. The van der Waals surface area contributed by atoms with Gasteiger partial charge in [-0.15, -0.1) is 0 Å². The average molecular weight is 176 g/mol. The summed E-state index contributed by atoms with van der Waals surface area (Å²) < 4.78 is 10.2. The van der Waals surface area contributed by atoms with Gasteiger partial charge in [-0.2, -0.15) is 11.8 Å².